The predicted octanol–water partition coefficient (Wildman–Crippen LogP) is 4.88. The number of carbonyl (C=O) groups excluding carboxylic acids is 3. The first kappa shape index (κ1) is 20.8. The van der Waals surface area contributed by atoms with E-state index in [4.69, 9.17) is 11.6 Å². The lowest BCUT2D eigenvalue weighted by Crippen LogP contribution is -2.44. The summed E-state index contributed by atoms with van der Waals surface area (Å²) in [6.07, 6.45) is 3.70. The molecule has 0 spiro atoms. The molecule has 2 saturated heterocycles. The molecule has 3 heterocycles. The van der Waals surface area contributed by atoms with Crippen molar-refractivity contribution in [1.29, 1.82) is 0 Å². The third-order valence-electron chi connectivity index (χ3n) is 6.93. The normalized spacial score (nSPS) is 24.8. The SMILES string of the molecule is O=C(c1ccc(Cl)cc1)[C@H]1[C@H]2C(=O)N(c3cccc(F)c3)C(=O)[C@H]2C2c3ccccc3C=CN21. The molecule has 3 aromatic carbocycles. The Morgan fingerprint density at radius 2 is 1.62 bits per heavy atom. The minimum Gasteiger partial charge on any atom is -0.358 e. The molecule has 3 aliphatic rings. The predicted molar refractivity (Wildman–Crippen MR) is 125 cm³/mol. The summed E-state index contributed by atoms with van der Waals surface area (Å²) in [5, 5.41) is 0.495. The number of nitrogens with zero attached hydrogens (tertiary/aromatic N) is 2. The van der Waals surface area contributed by atoms with Crippen LogP contribution in [-0.4, -0.2) is 28.5 Å². The van der Waals surface area contributed by atoms with Crippen molar-refractivity contribution in [3.63, 3.8) is 0 Å². The molecule has 2 fully saturated rings. The van der Waals surface area contributed by atoms with Crippen LogP contribution in [0, 0.1) is 17.7 Å². The number of anilines is 1. The molecular weight excluding hydrogens is 455 g/mol. The van der Waals surface area contributed by atoms with Gasteiger partial charge in [-0.25, -0.2) is 9.29 Å². The molecule has 3 aromatic rings. The maximum Gasteiger partial charge on any atom is 0.240 e. The summed E-state index contributed by atoms with van der Waals surface area (Å²) in [7, 11) is 0. The van der Waals surface area contributed by atoms with Crippen molar-refractivity contribution < 1.29 is 18.8 Å². The quantitative estimate of drug-likeness (QED) is 0.403. The molecule has 1 unspecified atom stereocenters. The summed E-state index contributed by atoms with van der Waals surface area (Å²) in [4.78, 5) is 44.1. The average molecular weight is 473 g/mol. The van der Waals surface area contributed by atoms with Crippen LogP contribution in [0.1, 0.15) is 27.5 Å². The zero-order valence-electron chi connectivity index (χ0n) is 17.8. The van der Waals surface area contributed by atoms with Crippen LogP contribution < -0.4 is 4.90 Å². The van der Waals surface area contributed by atoms with Gasteiger partial charge in [-0.1, -0.05) is 41.9 Å². The van der Waals surface area contributed by atoms with Crippen LogP contribution in [0.5, 0.6) is 0 Å². The van der Waals surface area contributed by atoms with Gasteiger partial charge in [-0.2, -0.15) is 0 Å². The number of Topliss-reactive ketones (excluding diaryl/α,β-unsaturated/α-hetero) is 1. The van der Waals surface area contributed by atoms with Gasteiger partial charge >= 0.3 is 0 Å². The van der Waals surface area contributed by atoms with Gasteiger partial charge in [0.1, 0.15) is 11.9 Å². The number of hydrogen-bond donors (Lipinski definition) is 0. The van der Waals surface area contributed by atoms with Crippen LogP contribution in [0.15, 0.2) is 79.0 Å². The van der Waals surface area contributed by atoms with E-state index in [9.17, 15) is 18.8 Å². The molecule has 0 aliphatic carbocycles. The van der Waals surface area contributed by atoms with Crippen molar-refractivity contribution >= 4 is 41.0 Å². The van der Waals surface area contributed by atoms with Crippen molar-refractivity contribution in [2.75, 3.05) is 4.90 Å². The van der Waals surface area contributed by atoms with Crippen molar-refractivity contribution in [2.24, 2.45) is 11.8 Å². The topological polar surface area (TPSA) is 57.7 Å². The number of carbonyl (C=O) groups is 3. The number of ketones is 1. The molecule has 0 aromatic heterocycles. The fourth-order valence-electron chi connectivity index (χ4n) is 5.51. The van der Waals surface area contributed by atoms with Crippen LogP contribution in [-0.2, 0) is 9.59 Å². The van der Waals surface area contributed by atoms with E-state index in [2.05, 4.69) is 0 Å². The number of hydrogen-bond acceptors (Lipinski definition) is 4. The largest absolute Gasteiger partial charge is 0.358 e. The van der Waals surface area contributed by atoms with E-state index in [1.54, 1.807) is 30.5 Å². The summed E-state index contributed by atoms with van der Waals surface area (Å²) >= 11 is 6.01. The first-order valence-corrected chi connectivity index (χ1v) is 11.3. The zero-order chi connectivity index (χ0) is 23.6. The number of fused-ring (bicyclic) bond motifs is 5. The van der Waals surface area contributed by atoms with Gasteiger partial charge in [0.2, 0.25) is 11.8 Å². The van der Waals surface area contributed by atoms with Crippen LogP contribution in [0.25, 0.3) is 6.08 Å². The minimum absolute atomic E-state index is 0.174. The van der Waals surface area contributed by atoms with Gasteiger partial charge in [-0.05, 0) is 59.7 Å². The standard InChI is InChI=1S/C27H18ClFN2O3/c28-17-10-8-16(9-11-17)25(32)24-22-21(23-20-7-2-1-4-15(20)12-13-30(23)24)26(33)31(27(22)34)19-6-3-5-18(29)14-19/h1-14,21-24H/t21-,22+,23?,24-/m1/s1. The Morgan fingerprint density at radius 3 is 2.38 bits per heavy atom. The highest BCUT2D eigenvalue weighted by Gasteiger charge is 2.64. The van der Waals surface area contributed by atoms with Crippen LogP contribution >= 0.6 is 11.6 Å². The monoisotopic (exact) mass is 472 g/mol. The molecule has 0 radical (unpaired) electrons. The van der Waals surface area contributed by atoms with E-state index in [1.807, 2.05) is 35.2 Å². The summed E-state index contributed by atoms with van der Waals surface area (Å²) in [6, 6.07) is 18.2. The van der Waals surface area contributed by atoms with Gasteiger partial charge in [0.25, 0.3) is 0 Å². The van der Waals surface area contributed by atoms with Crippen molar-refractivity contribution in [1.82, 2.24) is 4.90 Å². The second-order valence-corrected chi connectivity index (χ2v) is 9.13. The van der Waals surface area contributed by atoms with E-state index < -0.39 is 41.6 Å². The number of imide groups is 1. The van der Waals surface area contributed by atoms with Gasteiger partial charge in [0, 0.05) is 16.8 Å². The maximum atomic E-state index is 14.0. The Balaban J connectivity index is 1.50. The molecule has 3 aliphatic heterocycles. The lowest BCUT2D eigenvalue weighted by molar-refractivity contribution is -0.123. The average Bonchev–Trinajstić information content (AvgIpc) is 3.31. The second kappa shape index (κ2) is 7.64. The molecular formula is C27H18ClFN2O3. The summed E-state index contributed by atoms with van der Waals surface area (Å²) in [5.74, 6) is -3.40. The van der Waals surface area contributed by atoms with E-state index in [1.165, 1.54) is 24.3 Å². The zero-order valence-corrected chi connectivity index (χ0v) is 18.5. The smallest absolute Gasteiger partial charge is 0.240 e. The minimum atomic E-state index is -0.903. The number of halogens is 2. The van der Waals surface area contributed by atoms with E-state index in [-0.39, 0.29) is 11.5 Å². The molecule has 0 saturated carbocycles. The Bertz CT molecular complexity index is 1390. The molecule has 6 rings (SSSR count). The molecule has 34 heavy (non-hydrogen) atoms. The van der Waals surface area contributed by atoms with Gasteiger partial charge in [-0.15, -0.1) is 0 Å². The fourth-order valence-corrected chi connectivity index (χ4v) is 5.64. The molecule has 0 bridgehead atoms. The number of amides is 2. The van der Waals surface area contributed by atoms with Crippen molar-refractivity contribution in [2.45, 2.75) is 12.1 Å². The number of benzene rings is 3. The van der Waals surface area contributed by atoms with E-state index in [0.29, 0.717) is 10.6 Å². The van der Waals surface area contributed by atoms with Crippen LogP contribution in [0.2, 0.25) is 5.02 Å². The highest BCUT2D eigenvalue weighted by atomic mass is 35.5. The van der Waals surface area contributed by atoms with Gasteiger partial charge in [0.15, 0.2) is 5.78 Å². The van der Waals surface area contributed by atoms with Gasteiger partial charge in [-0.3, -0.25) is 14.4 Å². The molecule has 0 N–H and O–H groups in total. The lowest BCUT2D eigenvalue weighted by Gasteiger charge is -2.35. The second-order valence-electron chi connectivity index (χ2n) is 8.70. The first-order chi connectivity index (χ1) is 16.5. The number of rotatable bonds is 3. The first-order valence-electron chi connectivity index (χ1n) is 10.9. The fraction of sp³-hybridized carbons (Fsp3) is 0.148. The lowest BCUT2D eigenvalue weighted by atomic mass is 9.83. The Hall–Kier alpha value is -3.77. The van der Waals surface area contributed by atoms with Crippen LogP contribution in [0.3, 0.4) is 0 Å². The molecule has 4 atom stereocenters. The third kappa shape index (κ3) is 2.95. The van der Waals surface area contributed by atoms with Crippen molar-refractivity contribution in [3.8, 4) is 0 Å². The summed E-state index contributed by atoms with van der Waals surface area (Å²) in [5.41, 5.74) is 2.40. The molecule has 2 amide bonds. The van der Waals surface area contributed by atoms with E-state index in [0.717, 1.165) is 16.0 Å². The molecule has 5 nitrogen and oxygen atoms in total. The maximum absolute atomic E-state index is 14.0. The Morgan fingerprint density at radius 1 is 0.882 bits per heavy atom. The Kier molecular flexibility index (Phi) is 4.67. The van der Waals surface area contributed by atoms with Crippen molar-refractivity contribution in [3.05, 3.63) is 107 Å². The van der Waals surface area contributed by atoms with Gasteiger partial charge in [0.05, 0.1) is 23.6 Å². The third-order valence-corrected chi connectivity index (χ3v) is 7.18. The van der Waals surface area contributed by atoms with E-state index >= 15 is 0 Å². The molecule has 7 heteroatoms. The highest BCUT2D eigenvalue weighted by molar-refractivity contribution is 6.30. The van der Waals surface area contributed by atoms with Crippen LogP contribution in [0.4, 0.5) is 10.1 Å². The molecule has 168 valence electrons. The highest BCUT2D eigenvalue weighted by Crippen LogP contribution is 2.53. The Labute approximate surface area is 200 Å². The summed E-state index contributed by atoms with van der Waals surface area (Å²) < 4.78 is 14.0. The van der Waals surface area contributed by atoms with Gasteiger partial charge < -0.3 is 4.90 Å². The summed E-state index contributed by atoms with van der Waals surface area (Å²) in [6.45, 7) is 0.